The third-order valence-electron chi connectivity index (χ3n) is 5.33. The molecule has 1 amide bonds. The number of hydrogen-bond acceptors (Lipinski definition) is 6. The minimum atomic E-state index is -5.08. The summed E-state index contributed by atoms with van der Waals surface area (Å²) in [7, 11) is 0. The molecular weight excluding hydrogens is 397 g/mol. The number of carbonyl (C=O) groups is 2. The van der Waals surface area contributed by atoms with Gasteiger partial charge in [0.25, 0.3) is 5.91 Å². The van der Waals surface area contributed by atoms with E-state index in [1.165, 1.54) is 0 Å². The molecule has 0 saturated carbocycles. The molecule has 11 heteroatoms. The van der Waals surface area contributed by atoms with Crippen LogP contribution in [0.15, 0.2) is 23.0 Å². The molecule has 1 N–H and O–H groups in total. The quantitative estimate of drug-likeness (QED) is 0.800. The molecule has 1 aromatic rings. The second kappa shape index (κ2) is 8.72. The molecule has 3 saturated heterocycles. The Morgan fingerprint density at radius 3 is 2.62 bits per heavy atom. The van der Waals surface area contributed by atoms with Gasteiger partial charge in [0.2, 0.25) is 0 Å². The summed E-state index contributed by atoms with van der Waals surface area (Å²) in [6.45, 7) is 4.53. The van der Waals surface area contributed by atoms with Crippen LogP contribution in [0.3, 0.4) is 0 Å². The van der Waals surface area contributed by atoms with Crippen LogP contribution in [0.4, 0.5) is 13.2 Å². The van der Waals surface area contributed by atoms with Crippen molar-refractivity contribution in [3.63, 3.8) is 0 Å². The van der Waals surface area contributed by atoms with Gasteiger partial charge in [0.15, 0.2) is 0 Å². The Morgan fingerprint density at radius 2 is 2.03 bits per heavy atom. The summed E-state index contributed by atoms with van der Waals surface area (Å²) in [4.78, 5) is 29.8. The van der Waals surface area contributed by atoms with Crippen LogP contribution in [0, 0.1) is 5.41 Å². The molecule has 0 radical (unpaired) electrons. The van der Waals surface area contributed by atoms with E-state index in [1.807, 2.05) is 6.07 Å². The summed E-state index contributed by atoms with van der Waals surface area (Å²) in [5.41, 5.74) is 0.712. The predicted molar refractivity (Wildman–Crippen MR) is 91.4 cm³/mol. The molecule has 2 atom stereocenters. The predicted octanol–water partition coefficient (Wildman–Crippen LogP) is 2.06. The first kappa shape index (κ1) is 21.6. The zero-order valence-corrected chi connectivity index (χ0v) is 15.7. The number of hydroxylamine groups is 2. The van der Waals surface area contributed by atoms with Crippen molar-refractivity contribution in [3.05, 3.63) is 24.2 Å². The molecule has 0 aliphatic carbocycles. The lowest BCUT2D eigenvalue weighted by molar-refractivity contribution is -0.192. The number of carboxylic acids is 1. The summed E-state index contributed by atoms with van der Waals surface area (Å²) >= 11 is 0. The zero-order chi connectivity index (χ0) is 21.1. The fraction of sp³-hybridized carbons (Fsp3) is 0.667. The van der Waals surface area contributed by atoms with Crippen LogP contribution in [0.5, 0.6) is 0 Å². The van der Waals surface area contributed by atoms with E-state index in [2.05, 4.69) is 4.90 Å². The van der Waals surface area contributed by atoms with Gasteiger partial charge in [0.05, 0.1) is 37.2 Å². The lowest BCUT2D eigenvalue weighted by atomic mass is 9.75. The van der Waals surface area contributed by atoms with Gasteiger partial charge in [-0.25, -0.2) is 9.86 Å². The van der Waals surface area contributed by atoms with E-state index in [0.717, 1.165) is 44.5 Å². The van der Waals surface area contributed by atoms with Crippen LogP contribution in [-0.4, -0.2) is 72.1 Å². The van der Waals surface area contributed by atoms with E-state index < -0.39 is 17.6 Å². The second-order valence-corrected chi connectivity index (χ2v) is 7.29. The van der Waals surface area contributed by atoms with Crippen LogP contribution in [0.2, 0.25) is 0 Å². The maximum atomic E-state index is 13.0. The third-order valence-corrected chi connectivity index (χ3v) is 5.33. The molecule has 3 aliphatic heterocycles. The molecule has 8 nitrogen and oxygen atoms in total. The lowest BCUT2D eigenvalue weighted by Crippen LogP contribution is -2.57. The Kier molecular flexibility index (Phi) is 6.49. The van der Waals surface area contributed by atoms with Gasteiger partial charge in [0.1, 0.15) is 0 Å². The molecule has 29 heavy (non-hydrogen) atoms. The number of carboxylic acid groups (broad SMARTS) is 1. The standard InChI is InChI=1S/C16H22N2O4.C2HF3O2/c19-15(18-5-1-7-22-18)16-4-9-21-14(16)2-6-17(12-16)10-13-3-8-20-11-13;3-2(4,5)1(6)7/h3,8,11,14H,1-2,4-7,9-10,12H2;(H,6,7)/t14-,16-;/m1./s1. The highest BCUT2D eigenvalue weighted by atomic mass is 19.4. The highest BCUT2D eigenvalue weighted by Gasteiger charge is 2.55. The van der Waals surface area contributed by atoms with Gasteiger partial charge in [0, 0.05) is 31.8 Å². The Bertz CT molecular complexity index is 705. The van der Waals surface area contributed by atoms with Gasteiger partial charge in [-0.05, 0) is 25.3 Å². The summed E-state index contributed by atoms with van der Waals surface area (Å²) in [6.07, 6.45) is 1.03. The molecule has 0 unspecified atom stereocenters. The third kappa shape index (κ3) is 4.90. The molecule has 0 aromatic carbocycles. The normalized spacial score (nSPS) is 27.3. The summed E-state index contributed by atoms with van der Waals surface area (Å²) in [5, 5.41) is 8.70. The van der Waals surface area contributed by atoms with Crippen LogP contribution < -0.4 is 0 Å². The van der Waals surface area contributed by atoms with Crippen LogP contribution in [0.25, 0.3) is 0 Å². The van der Waals surface area contributed by atoms with Crippen molar-refractivity contribution in [1.29, 1.82) is 0 Å². The van der Waals surface area contributed by atoms with Gasteiger partial charge < -0.3 is 14.3 Å². The maximum Gasteiger partial charge on any atom is 0.490 e. The minimum Gasteiger partial charge on any atom is -0.475 e. The first-order chi connectivity index (χ1) is 13.7. The number of piperidine rings is 1. The molecule has 162 valence electrons. The van der Waals surface area contributed by atoms with Crippen molar-refractivity contribution in [2.45, 2.75) is 38.1 Å². The van der Waals surface area contributed by atoms with Crippen molar-refractivity contribution >= 4 is 11.9 Å². The Balaban J connectivity index is 0.000000298. The van der Waals surface area contributed by atoms with Gasteiger partial charge >= 0.3 is 12.1 Å². The first-order valence-electron chi connectivity index (χ1n) is 9.32. The fourth-order valence-corrected chi connectivity index (χ4v) is 3.97. The van der Waals surface area contributed by atoms with E-state index >= 15 is 0 Å². The van der Waals surface area contributed by atoms with E-state index in [-0.39, 0.29) is 12.0 Å². The number of likely N-dealkylation sites (tertiary alicyclic amines) is 1. The second-order valence-electron chi connectivity index (χ2n) is 7.29. The number of carbonyl (C=O) groups excluding carboxylic acids is 1. The Labute approximate surface area is 165 Å². The average molecular weight is 420 g/mol. The van der Waals surface area contributed by atoms with Gasteiger partial charge in [-0.1, -0.05) is 0 Å². The number of ether oxygens (including phenoxy) is 1. The summed E-state index contributed by atoms with van der Waals surface area (Å²) < 4.78 is 42.8. The summed E-state index contributed by atoms with van der Waals surface area (Å²) in [6, 6.07) is 1.98. The molecule has 3 fully saturated rings. The van der Waals surface area contributed by atoms with Gasteiger partial charge in [-0.2, -0.15) is 13.2 Å². The van der Waals surface area contributed by atoms with Gasteiger partial charge in [-0.3, -0.25) is 14.5 Å². The van der Waals surface area contributed by atoms with Crippen molar-refractivity contribution in [1.82, 2.24) is 9.96 Å². The number of nitrogens with zero attached hydrogens (tertiary/aromatic N) is 2. The average Bonchev–Trinajstić information content (AvgIpc) is 3.42. The van der Waals surface area contributed by atoms with Crippen LogP contribution in [0.1, 0.15) is 24.8 Å². The summed E-state index contributed by atoms with van der Waals surface area (Å²) in [5.74, 6) is -2.64. The van der Waals surface area contributed by atoms with E-state index in [1.54, 1.807) is 17.6 Å². The number of hydrogen-bond donors (Lipinski definition) is 1. The molecule has 0 bridgehead atoms. The number of rotatable bonds is 3. The molecule has 0 spiro atoms. The van der Waals surface area contributed by atoms with Crippen LogP contribution in [-0.2, 0) is 25.7 Å². The molecule has 4 heterocycles. The van der Waals surface area contributed by atoms with Crippen molar-refractivity contribution in [2.75, 3.05) is 32.8 Å². The molecule has 4 rings (SSSR count). The highest BCUT2D eigenvalue weighted by Crippen LogP contribution is 2.43. The molecular formula is C18H23F3N2O6. The molecule has 3 aliphatic rings. The Morgan fingerprint density at radius 1 is 1.28 bits per heavy atom. The van der Waals surface area contributed by atoms with Crippen molar-refractivity contribution in [3.8, 4) is 0 Å². The lowest BCUT2D eigenvalue weighted by Gasteiger charge is -2.43. The van der Waals surface area contributed by atoms with Crippen LogP contribution >= 0.6 is 0 Å². The Hall–Kier alpha value is -2.11. The van der Waals surface area contributed by atoms with Crippen molar-refractivity contribution < 1.29 is 41.9 Å². The fourth-order valence-electron chi connectivity index (χ4n) is 3.97. The number of alkyl halides is 3. The minimum absolute atomic E-state index is 0.0322. The first-order valence-corrected chi connectivity index (χ1v) is 9.32. The number of furan rings is 1. The monoisotopic (exact) mass is 420 g/mol. The number of amides is 1. The van der Waals surface area contributed by atoms with Crippen molar-refractivity contribution in [2.24, 2.45) is 5.41 Å². The SMILES string of the molecule is O=C(N1CCCO1)[C@@]12CCO[C@@H]1CCN(Cc1ccoc1)C2.O=C(O)C(F)(F)F. The van der Waals surface area contributed by atoms with E-state index in [4.69, 9.17) is 23.9 Å². The van der Waals surface area contributed by atoms with E-state index in [9.17, 15) is 18.0 Å². The smallest absolute Gasteiger partial charge is 0.475 e. The molecule has 1 aromatic heterocycles. The number of aliphatic carboxylic acids is 1. The topological polar surface area (TPSA) is 92.5 Å². The zero-order valence-electron chi connectivity index (χ0n) is 15.7. The highest BCUT2D eigenvalue weighted by molar-refractivity contribution is 5.83. The van der Waals surface area contributed by atoms with E-state index in [0.29, 0.717) is 19.8 Å². The van der Waals surface area contributed by atoms with Gasteiger partial charge in [-0.15, -0.1) is 0 Å². The number of fused-ring (bicyclic) bond motifs is 1. The maximum absolute atomic E-state index is 13.0. The number of halogens is 3. The largest absolute Gasteiger partial charge is 0.490 e.